The molecule has 0 aliphatic rings. The van der Waals surface area contributed by atoms with Crippen molar-refractivity contribution < 1.29 is 4.79 Å². The van der Waals surface area contributed by atoms with E-state index in [0.29, 0.717) is 26.2 Å². The maximum absolute atomic E-state index is 10.7. The molecule has 0 amide bonds. The van der Waals surface area contributed by atoms with Crippen LogP contribution in [0.4, 0.5) is 5.00 Å². The summed E-state index contributed by atoms with van der Waals surface area (Å²) in [6, 6.07) is 2.01. The van der Waals surface area contributed by atoms with Gasteiger partial charge >= 0.3 is 0 Å². The third kappa shape index (κ3) is 2.64. The molecule has 0 N–H and O–H groups in total. The maximum atomic E-state index is 10.7. The third-order valence-electron chi connectivity index (χ3n) is 1.48. The van der Waals surface area contributed by atoms with Gasteiger partial charge in [0.2, 0.25) is 0 Å². The van der Waals surface area contributed by atoms with Crippen LogP contribution < -0.4 is 0 Å². The highest BCUT2D eigenvalue weighted by Crippen LogP contribution is 2.37. The van der Waals surface area contributed by atoms with Gasteiger partial charge in [-0.2, -0.15) is 5.26 Å². The minimum Gasteiger partial charge on any atom is -0.369 e. The Hall–Kier alpha value is -1.19. The molecule has 0 radical (unpaired) electrons. The van der Waals surface area contributed by atoms with E-state index in [4.69, 9.17) is 5.26 Å². The molecular formula is C9H8BrN3OS. The van der Waals surface area contributed by atoms with Gasteiger partial charge in [-0.15, -0.1) is 11.3 Å². The summed E-state index contributed by atoms with van der Waals surface area (Å²) in [5.41, 5.74) is 0.403. The number of nitriles is 1. The van der Waals surface area contributed by atoms with Crippen LogP contribution in [0.25, 0.3) is 0 Å². The molecule has 1 aromatic heterocycles. The smallest absolute Gasteiger partial charge is 0.161 e. The van der Waals surface area contributed by atoms with Gasteiger partial charge in [-0.3, -0.25) is 4.79 Å². The second kappa shape index (κ2) is 5.05. The van der Waals surface area contributed by atoms with Crippen molar-refractivity contribution in [3.05, 3.63) is 14.9 Å². The normalized spacial score (nSPS) is 10.3. The number of nitrogens with zero attached hydrogens (tertiary/aromatic N) is 3. The summed E-state index contributed by atoms with van der Waals surface area (Å²) in [4.78, 5) is 17.0. The lowest BCUT2D eigenvalue weighted by molar-refractivity contribution is 0.112. The molecule has 4 nitrogen and oxygen atoms in total. The Kier molecular flexibility index (Phi) is 4.00. The van der Waals surface area contributed by atoms with Crippen LogP contribution in [-0.4, -0.2) is 31.6 Å². The van der Waals surface area contributed by atoms with E-state index in [9.17, 15) is 4.79 Å². The zero-order chi connectivity index (χ0) is 11.4. The van der Waals surface area contributed by atoms with E-state index in [-0.39, 0.29) is 0 Å². The van der Waals surface area contributed by atoms with Gasteiger partial charge in [0, 0.05) is 14.1 Å². The summed E-state index contributed by atoms with van der Waals surface area (Å²) < 4.78 is 0.524. The standard InChI is InChI=1S/C9H8BrN3OS/c1-13(2)5-12-9-6(3-11)8(10)7(4-14)15-9/h4-5H,1-2H3/b12-5+. The SMILES string of the molecule is CN(C)/C=N/c1sc(C=O)c(Br)c1C#N. The largest absolute Gasteiger partial charge is 0.369 e. The van der Waals surface area contributed by atoms with Gasteiger partial charge in [0.25, 0.3) is 0 Å². The minimum atomic E-state index is 0.403. The molecule has 0 spiro atoms. The minimum absolute atomic E-state index is 0.403. The first kappa shape index (κ1) is 11.9. The lowest BCUT2D eigenvalue weighted by Crippen LogP contribution is -2.06. The van der Waals surface area contributed by atoms with Gasteiger partial charge < -0.3 is 4.90 Å². The number of carbonyl (C=O) groups is 1. The number of rotatable bonds is 3. The summed E-state index contributed by atoms with van der Waals surface area (Å²) in [6.45, 7) is 0. The van der Waals surface area contributed by atoms with Crippen LogP contribution in [0, 0.1) is 11.3 Å². The fourth-order valence-corrected chi connectivity index (χ4v) is 2.39. The van der Waals surface area contributed by atoms with Crippen LogP contribution in [-0.2, 0) is 0 Å². The molecular weight excluding hydrogens is 278 g/mol. The van der Waals surface area contributed by atoms with Crippen molar-refractivity contribution in [2.45, 2.75) is 0 Å². The Labute approximate surface area is 100.0 Å². The Balaban J connectivity index is 3.19. The summed E-state index contributed by atoms with van der Waals surface area (Å²) in [7, 11) is 3.66. The Morgan fingerprint density at radius 1 is 1.60 bits per heavy atom. The zero-order valence-electron chi connectivity index (χ0n) is 8.19. The molecule has 78 valence electrons. The molecule has 1 rings (SSSR count). The Morgan fingerprint density at radius 3 is 2.73 bits per heavy atom. The molecule has 15 heavy (non-hydrogen) atoms. The highest BCUT2D eigenvalue weighted by atomic mass is 79.9. The first-order valence-corrected chi connectivity index (χ1v) is 5.59. The number of aliphatic imine (C=N–C) groups is 1. The molecule has 0 atom stereocenters. The van der Waals surface area contributed by atoms with Crippen molar-refractivity contribution >= 4 is 44.9 Å². The molecule has 0 aliphatic heterocycles. The Morgan fingerprint density at radius 2 is 2.27 bits per heavy atom. The zero-order valence-corrected chi connectivity index (χ0v) is 10.6. The fourth-order valence-electron chi connectivity index (χ4n) is 0.849. The average Bonchev–Trinajstić information content (AvgIpc) is 2.51. The molecule has 1 heterocycles. The maximum Gasteiger partial charge on any atom is 0.161 e. The Bertz CT molecular complexity index is 445. The fraction of sp³-hybridized carbons (Fsp3) is 0.222. The lowest BCUT2D eigenvalue weighted by Gasteiger charge is -2.00. The molecule has 0 saturated carbocycles. The number of carbonyl (C=O) groups excluding carboxylic acids is 1. The number of thiophene rings is 1. The van der Waals surface area contributed by atoms with E-state index in [1.807, 2.05) is 20.2 Å². The molecule has 0 unspecified atom stereocenters. The van der Waals surface area contributed by atoms with Crippen LogP contribution in [0.1, 0.15) is 15.2 Å². The van der Waals surface area contributed by atoms with Gasteiger partial charge in [-0.25, -0.2) is 4.99 Å². The predicted octanol–water partition coefficient (Wildman–Crippen LogP) is 2.42. The number of hydrogen-bond acceptors (Lipinski definition) is 4. The van der Waals surface area contributed by atoms with E-state index in [2.05, 4.69) is 20.9 Å². The second-order valence-electron chi connectivity index (χ2n) is 2.90. The van der Waals surface area contributed by atoms with E-state index >= 15 is 0 Å². The summed E-state index contributed by atoms with van der Waals surface area (Å²) >= 11 is 4.39. The van der Waals surface area contributed by atoms with Crippen LogP contribution in [0.5, 0.6) is 0 Å². The van der Waals surface area contributed by atoms with Crippen LogP contribution in [0.2, 0.25) is 0 Å². The van der Waals surface area contributed by atoms with Crippen molar-refractivity contribution in [3.63, 3.8) is 0 Å². The molecule has 1 aromatic rings. The van der Waals surface area contributed by atoms with Gasteiger partial charge in [-0.1, -0.05) is 0 Å². The second-order valence-corrected chi connectivity index (χ2v) is 4.72. The van der Waals surface area contributed by atoms with E-state index in [1.165, 1.54) is 11.3 Å². The number of aldehydes is 1. The molecule has 0 aliphatic carbocycles. The van der Waals surface area contributed by atoms with Gasteiger partial charge in [0.1, 0.15) is 16.6 Å². The van der Waals surface area contributed by atoms with Gasteiger partial charge in [0.05, 0.1) is 15.7 Å². The lowest BCUT2D eigenvalue weighted by atomic mass is 10.3. The average molecular weight is 286 g/mol. The highest BCUT2D eigenvalue weighted by Gasteiger charge is 2.14. The van der Waals surface area contributed by atoms with Crippen molar-refractivity contribution in [2.24, 2.45) is 4.99 Å². The number of hydrogen-bond donors (Lipinski definition) is 0. The highest BCUT2D eigenvalue weighted by molar-refractivity contribution is 9.10. The summed E-state index contributed by atoms with van der Waals surface area (Å²) in [5, 5.41) is 9.44. The molecule has 0 aromatic carbocycles. The number of halogens is 1. The first-order chi connectivity index (χ1) is 7.10. The predicted molar refractivity (Wildman–Crippen MR) is 64.0 cm³/mol. The van der Waals surface area contributed by atoms with Gasteiger partial charge in [-0.05, 0) is 15.9 Å². The van der Waals surface area contributed by atoms with Crippen molar-refractivity contribution in [1.82, 2.24) is 4.90 Å². The third-order valence-corrected chi connectivity index (χ3v) is 3.59. The van der Waals surface area contributed by atoms with Crippen molar-refractivity contribution in [2.75, 3.05) is 14.1 Å². The van der Waals surface area contributed by atoms with Crippen LogP contribution in [0.15, 0.2) is 9.47 Å². The van der Waals surface area contributed by atoms with Crippen molar-refractivity contribution in [3.8, 4) is 6.07 Å². The molecule has 0 fully saturated rings. The monoisotopic (exact) mass is 285 g/mol. The molecule has 0 bridgehead atoms. The van der Waals surface area contributed by atoms with Crippen LogP contribution in [0.3, 0.4) is 0 Å². The first-order valence-electron chi connectivity index (χ1n) is 3.98. The van der Waals surface area contributed by atoms with Gasteiger partial charge in [0.15, 0.2) is 6.29 Å². The molecule has 0 saturated heterocycles. The van der Waals surface area contributed by atoms with E-state index < -0.39 is 0 Å². The summed E-state index contributed by atoms with van der Waals surface area (Å²) in [6.07, 6.45) is 2.30. The van der Waals surface area contributed by atoms with E-state index in [0.717, 1.165) is 0 Å². The van der Waals surface area contributed by atoms with E-state index in [1.54, 1.807) is 11.2 Å². The summed E-state index contributed by atoms with van der Waals surface area (Å²) in [5.74, 6) is 0. The topological polar surface area (TPSA) is 56.5 Å². The quantitative estimate of drug-likeness (QED) is 0.487. The van der Waals surface area contributed by atoms with Crippen LogP contribution >= 0.6 is 27.3 Å². The molecule has 6 heteroatoms. The van der Waals surface area contributed by atoms with Crippen molar-refractivity contribution in [1.29, 1.82) is 5.26 Å².